The van der Waals surface area contributed by atoms with Crippen molar-refractivity contribution in [2.24, 2.45) is 11.7 Å². The summed E-state index contributed by atoms with van der Waals surface area (Å²) in [5, 5.41) is 0. The van der Waals surface area contributed by atoms with E-state index in [0.29, 0.717) is 29.9 Å². The largest absolute Gasteiger partial charge is 0.329 e. The Labute approximate surface area is 141 Å². The molecule has 0 radical (unpaired) electrons. The fourth-order valence-electron chi connectivity index (χ4n) is 2.40. The number of rotatable bonds is 7. The van der Waals surface area contributed by atoms with Gasteiger partial charge in [0.15, 0.2) is 9.84 Å². The summed E-state index contributed by atoms with van der Waals surface area (Å²) < 4.78 is 25.4. The second-order valence-corrected chi connectivity index (χ2v) is 8.42. The van der Waals surface area contributed by atoms with E-state index >= 15 is 0 Å². The number of benzene rings is 1. The minimum Gasteiger partial charge on any atom is -0.329 e. The van der Waals surface area contributed by atoms with E-state index in [-0.39, 0.29) is 18.2 Å². The van der Waals surface area contributed by atoms with Crippen LogP contribution in [0, 0.1) is 5.92 Å². The monoisotopic (exact) mass is 396 g/mol. The molecule has 4 nitrogen and oxygen atoms in total. The molecule has 1 fully saturated rings. The zero-order valence-electron chi connectivity index (χ0n) is 12.0. The van der Waals surface area contributed by atoms with Crippen molar-refractivity contribution < 1.29 is 8.42 Å². The number of hydrogen-bond donors (Lipinski definition) is 1. The molecule has 1 unspecified atom stereocenters. The van der Waals surface area contributed by atoms with Crippen LogP contribution in [0.25, 0.3) is 0 Å². The quantitative estimate of drug-likeness (QED) is 0.767. The third-order valence-corrected chi connectivity index (χ3v) is 6.10. The van der Waals surface area contributed by atoms with Crippen molar-refractivity contribution in [3.8, 4) is 0 Å². The zero-order valence-corrected chi connectivity index (χ0v) is 15.3. The highest BCUT2D eigenvalue weighted by Gasteiger charge is 2.33. The fraction of sp³-hybridized carbons (Fsp3) is 0.571. The highest BCUT2D eigenvalue weighted by atomic mass is 79.9. The second-order valence-electron chi connectivity index (χ2n) is 5.39. The van der Waals surface area contributed by atoms with Crippen LogP contribution >= 0.6 is 28.3 Å². The fourth-order valence-corrected chi connectivity index (χ4v) is 3.98. The number of halogens is 2. The van der Waals surface area contributed by atoms with Crippen LogP contribution in [0.3, 0.4) is 0 Å². The van der Waals surface area contributed by atoms with Gasteiger partial charge in [0, 0.05) is 23.6 Å². The molecule has 120 valence electrons. The van der Waals surface area contributed by atoms with Crippen molar-refractivity contribution in [1.82, 2.24) is 4.90 Å². The van der Waals surface area contributed by atoms with Crippen LogP contribution in [0.1, 0.15) is 12.8 Å². The molecule has 0 heterocycles. The molecule has 21 heavy (non-hydrogen) atoms. The number of nitrogens with zero attached hydrogens (tertiary/aromatic N) is 1. The molecule has 1 aliphatic carbocycles. The highest BCUT2D eigenvalue weighted by molar-refractivity contribution is 9.10. The minimum absolute atomic E-state index is 0. The molecule has 1 saturated carbocycles. The van der Waals surface area contributed by atoms with Crippen molar-refractivity contribution >= 4 is 38.2 Å². The van der Waals surface area contributed by atoms with Crippen molar-refractivity contribution in [3.05, 3.63) is 28.7 Å². The summed E-state index contributed by atoms with van der Waals surface area (Å²) in [4.78, 5) is 2.47. The minimum atomic E-state index is -3.22. The topological polar surface area (TPSA) is 63.4 Å². The Morgan fingerprint density at radius 1 is 1.33 bits per heavy atom. The van der Waals surface area contributed by atoms with Gasteiger partial charge in [-0.2, -0.15) is 0 Å². The molecule has 0 aliphatic heterocycles. The molecule has 0 aromatic heterocycles. The second kappa shape index (κ2) is 7.92. The summed E-state index contributed by atoms with van der Waals surface area (Å²) in [6.07, 6.45) is 2.43. The van der Waals surface area contributed by atoms with Gasteiger partial charge in [0.05, 0.1) is 10.6 Å². The number of nitrogens with two attached hydrogens (primary N) is 1. The van der Waals surface area contributed by atoms with E-state index in [1.807, 2.05) is 7.05 Å². The lowest BCUT2D eigenvalue weighted by molar-refractivity contribution is 0.235. The predicted molar refractivity (Wildman–Crippen MR) is 91.6 cm³/mol. The van der Waals surface area contributed by atoms with Gasteiger partial charge < -0.3 is 10.6 Å². The van der Waals surface area contributed by atoms with Gasteiger partial charge >= 0.3 is 0 Å². The van der Waals surface area contributed by atoms with Gasteiger partial charge in [-0.1, -0.05) is 15.9 Å². The van der Waals surface area contributed by atoms with Crippen molar-refractivity contribution in [1.29, 1.82) is 0 Å². The van der Waals surface area contributed by atoms with Crippen LogP contribution in [0.2, 0.25) is 0 Å². The van der Waals surface area contributed by atoms with Gasteiger partial charge in [-0.15, -0.1) is 12.4 Å². The Morgan fingerprint density at radius 2 is 1.90 bits per heavy atom. The first-order valence-electron chi connectivity index (χ1n) is 6.82. The molecule has 1 atom stereocenters. The lowest BCUT2D eigenvalue weighted by Crippen LogP contribution is -2.41. The van der Waals surface area contributed by atoms with Crippen LogP contribution < -0.4 is 5.73 Å². The molecule has 0 bridgehead atoms. The summed E-state index contributed by atoms with van der Waals surface area (Å²) in [6, 6.07) is 7.10. The third kappa shape index (κ3) is 5.21. The number of sulfone groups is 1. The smallest absolute Gasteiger partial charge is 0.179 e. The summed E-state index contributed by atoms with van der Waals surface area (Å²) >= 11 is 3.31. The first-order chi connectivity index (χ1) is 9.44. The van der Waals surface area contributed by atoms with Gasteiger partial charge in [0.2, 0.25) is 0 Å². The molecular formula is C14H22BrClN2O2S. The predicted octanol–water partition coefficient (Wildman–Crippen LogP) is 2.31. The summed E-state index contributed by atoms with van der Waals surface area (Å²) in [5.74, 6) is 0.786. The van der Waals surface area contributed by atoms with Crippen LogP contribution in [-0.4, -0.2) is 45.2 Å². The van der Waals surface area contributed by atoms with Crippen LogP contribution in [-0.2, 0) is 9.84 Å². The molecule has 1 aromatic carbocycles. The van der Waals surface area contributed by atoms with Gasteiger partial charge in [0.25, 0.3) is 0 Å². The van der Waals surface area contributed by atoms with Crippen molar-refractivity contribution in [2.75, 3.05) is 25.9 Å². The molecule has 2 rings (SSSR count). The van der Waals surface area contributed by atoms with Crippen molar-refractivity contribution in [3.63, 3.8) is 0 Å². The van der Waals surface area contributed by atoms with Crippen LogP contribution in [0.15, 0.2) is 33.6 Å². The molecule has 0 saturated heterocycles. The first kappa shape index (κ1) is 18.9. The maximum atomic E-state index is 12.3. The van der Waals surface area contributed by atoms with Gasteiger partial charge in [-0.3, -0.25) is 0 Å². The lowest BCUT2D eigenvalue weighted by Gasteiger charge is -2.26. The highest BCUT2D eigenvalue weighted by Crippen LogP contribution is 2.34. The maximum absolute atomic E-state index is 12.3. The normalized spacial score (nSPS) is 16.6. The maximum Gasteiger partial charge on any atom is 0.179 e. The Hall–Kier alpha value is -0.140. The molecule has 1 aromatic rings. The Morgan fingerprint density at radius 3 is 2.38 bits per heavy atom. The molecule has 1 aliphatic rings. The molecule has 0 spiro atoms. The average Bonchev–Trinajstić information content (AvgIpc) is 3.22. The molecule has 2 N–H and O–H groups in total. The standard InChI is InChI=1S/C14H21BrN2O2S.ClH/c1-17(14(10-16)11-2-3-11)8-9-20(18,19)13-6-4-12(15)5-7-13;/h4-7,11,14H,2-3,8-10,16H2,1H3;1H. The number of hydrogen-bond acceptors (Lipinski definition) is 4. The van der Waals surface area contributed by atoms with Crippen LogP contribution in [0.4, 0.5) is 0 Å². The molecule has 7 heteroatoms. The van der Waals surface area contributed by atoms with E-state index in [0.717, 1.165) is 4.47 Å². The zero-order chi connectivity index (χ0) is 14.8. The van der Waals surface area contributed by atoms with Crippen molar-refractivity contribution in [2.45, 2.75) is 23.8 Å². The summed E-state index contributed by atoms with van der Waals surface area (Å²) in [7, 11) is -1.26. The molecular weight excluding hydrogens is 376 g/mol. The SMILES string of the molecule is CN(CCS(=O)(=O)c1ccc(Br)cc1)C(CN)C1CC1.Cl. The van der Waals surface area contributed by atoms with Gasteiger partial charge in [0.1, 0.15) is 0 Å². The van der Waals surface area contributed by atoms with Gasteiger partial charge in [-0.05, 0) is 50.1 Å². The third-order valence-electron chi connectivity index (χ3n) is 3.86. The number of likely N-dealkylation sites (N-methyl/N-ethyl adjacent to an activating group) is 1. The Balaban J connectivity index is 0.00000220. The van der Waals surface area contributed by atoms with E-state index in [2.05, 4.69) is 20.8 Å². The average molecular weight is 398 g/mol. The Bertz CT molecular complexity index is 547. The van der Waals surface area contributed by atoms with E-state index in [1.165, 1.54) is 12.8 Å². The van der Waals surface area contributed by atoms with E-state index < -0.39 is 9.84 Å². The van der Waals surface area contributed by atoms with E-state index in [4.69, 9.17) is 5.73 Å². The Kier molecular flexibility index (Phi) is 7.13. The van der Waals surface area contributed by atoms with Crippen LogP contribution in [0.5, 0.6) is 0 Å². The molecule has 0 amide bonds. The summed E-state index contributed by atoms with van der Waals surface area (Å²) in [5.41, 5.74) is 5.79. The summed E-state index contributed by atoms with van der Waals surface area (Å²) in [6.45, 7) is 1.12. The first-order valence-corrected chi connectivity index (χ1v) is 9.27. The van der Waals surface area contributed by atoms with E-state index in [9.17, 15) is 8.42 Å². The lowest BCUT2D eigenvalue weighted by atomic mass is 10.1. The van der Waals surface area contributed by atoms with E-state index in [1.54, 1.807) is 24.3 Å². The van der Waals surface area contributed by atoms with Gasteiger partial charge in [-0.25, -0.2) is 8.42 Å².